The first kappa shape index (κ1) is 85.3. The highest BCUT2D eigenvalue weighted by atomic mass is 31.2. The van der Waals surface area contributed by atoms with Crippen LogP contribution < -0.4 is 56.5 Å². The van der Waals surface area contributed by atoms with Crippen molar-refractivity contribution in [2.75, 3.05) is 27.4 Å². The fourth-order valence-corrected chi connectivity index (χ4v) is 14.2. The number of rotatable bonds is 34. The Kier molecular flexibility index (Phi) is 33.7. The Morgan fingerprint density at radius 1 is 0.311 bits per heavy atom. The number of methoxy groups -OCH3 is 2. The first-order valence-corrected chi connectivity index (χ1v) is 37.8. The van der Waals surface area contributed by atoms with Gasteiger partial charge in [0.05, 0.1) is 27.4 Å². The summed E-state index contributed by atoms with van der Waals surface area (Å²) in [5.74, 6) is -0.343. The Morgan fingerprint density at radius 2 is 0.472 bits per heavy atom. The van der Waals surface area contributed by atoms with Gasteiger partial charge >= 0.3 is 54.9 Å². The maximum absolute atomic E-state index is 13.3. The molecule has 0 heterocycles. The van der Waals surface area contributed by atoms with Crippen molar-refractivity contribution in [1.29, 1.82) is 0 Å². The van der Waals surface area contributed by atoms with Gasteiger partial charge in [-0.05, 0) is 139 Å². The van der Waals surface area contributed by atoms with Crippen molar-refractivity contribution >= 4 is 104 Å². The molecule has 0 aliphatic rings. The standard InChI is InChI=1S/2C18H22N2O6P.2C17H20N2O6P/c2*1-4-24-18(21)14(2)19-27(23,25-16-8-6-5-7-9-16)26-17-12-10-15(11-13-17)20(3)22;2*1-13(17(20)23-3)18-26(22,24-15-7-5-4-6-8-15)25-16-11-9-14(10-12-16)19(2)21/h2*5-14,22H,3-4H2,1-2H3,(H,19,23);2*4-13,21H,2H2,1,3H3,(H,18,22)/q4*+1/t14-,27+;14-,27-;13-,26+;13-,26-/m0000/s1. The molecule has 32 nitrogen and oxygen atoms in total. The van der Waals surface area contributed by atoms with Gasteiger partial charge in [-0.25, -0.2) is 18.3 Å². The Labute approximate surface area is 612 Å². The molecular weight excluding hydrogens is 1460 g/mol. The van der Waals surface area contributed by atoms with Crippen LogP contribution in [0.2, 0.25) is 0 Å². The first-order valence-electron chi connectivity index (χ1n) is 31.7. The van der Waals surface area contributed by atoms with E-state index in [0.717, 1.165) is 0 Å². The second-order valence-corrected chi connectivity index (χ2v) is 28.0. The van der Waals surface area contributed by atoms with Crippen LogP contribution in [0.15, 0.2) is 218 Å². The van der Waals surface area contributed by atoms with Gasteiger partial charge in [0.1, 0.15) is 70.2 Å². The van der Waals surface area contributed by atoms with Crippen LogP contribution in [0.25, 0.3) is 0 Å². The molecule has 0 saturated carbocycles. The van der Waals surface area contributed by atoms with E-state index in [1.807, 2.05) is 0 Å². The Bertz CT molecular complexity index is 4110. The van der Waals surface area contributed by atoms with Crippen molar-refractivity contribution in [3.63, 3.8) is 0 Å². The summed E-state index contributed by atoms with van der Waals surface area (Å²) in [5.41, 5.74) is 1.64. The van der Waals surface area contributed by atoms with Gasteiger partial charge < -0.3 is 55.1 Å². The number of nitrogens with one attached hydrogen (secondary N) is 4. The van der Waals surface area contributed by atoms with Gasteiger partial charge in [0.15, 0.2) is 26.9 Å². The minimum absolute atomic E-state index is 0.194. The van der Waals surface area contributed by atoms with Gasteiger partial charge in [-0.1, -0.05) is 72.8 Å². The lowest BCUT2D eigenvalue weighted by molar-refractivity contribution is -0.706. The number of hydrogen-bond acceptors (Lipinski definition) is 24. The smallest absolute Gasteiger partial charge is 0.468 e. The van der Waals surface area contributed by atoms with Crippen LogP contribution in [0.4, 0.5) is 22.7 Å². The van der Waals surface area contributed by atoms with Crippen LogP contribution in [0.3, 0.4) is 0 Å². The van der Waals surface area contributed by atoms with Crippen LogP contribution in [0.5, 0.6) is 46.0 Å². The number of nitrogens with zero attached hydrogens (tertiary/aromatic N) is 4. The lowest BCUT2D eigenvalue weighted by Gasteiger charge is -2.23. The van der Waals surface area contributed by atoms with Gasteiger partial charge in [-0.3, -0.25) is 40.0 Å². The van der Waals surface area contributed by atoms with E-state index in [9.17, 15) is 58.3 Å². The molecule has 8 atom stereocenters. The van der Waals surface area contributed by atoms with Gasteiger partial charge in [0, 0.05) is 67.5 Å². The molecule has 8 N–H and O–H groups in total. The van der Waals surface area contributed by atoms with E-state index < -0.39 is 79.0 Å². The number of esters is 4. The summed E-state index contributed by atoms with van der Waals surface area (Å²) in [6.45, 7) is 23.1. The summed E-state index contributed by atoms with van der Waals surface area (Å²) >= 11 is 0. The highest BCUT2D eigenvalue weighted by Gasteiger charge is 2.38. The van der Waals surface area contributed by atoms with E-state index >= 15 is 0 Å². The summed E-state index contributed by atoms with van der Waals surface area (Å²) in [6.07, 6.45) is 0. The zero-order valence-corrected chi connectivity index (χ0v) is 62.4. The SMILES string of the molecule is C=[N+](O)c1ccc(O[P@@](=O)(N[C@@H](C)C(=O)OC)Oc2ccccc2)cc1.C=[N+](O)c1ccc(O[P@@](=O)(N[C@@H](C)C(=O)OCC)Oc2ccccc2)cc1.C=[N+](O)c1ccc(O[P@](=O)(N[C@@H](C)C(=O)OC)Oc2ccccc2)cc1.C=[N+](O)c1ccc(O[P@](=O)(N[C@@H](C)C(=O)OCC)Oc2ccccc2)cc1. The first-order chi connectivity index (χ1) is 50.3. The third-order valence-electron chi connectivity index (χ3n) is 13.1. The van der Waals surface area contributed by atoms with Gasteiger partial charge in [0.25, 0.3) is 22.7 Å². The second kappa shape index (κ2) is 41.8. The van der Waals surface area contributed by atoms with E-state index in [4.69, 9.17) is 45.7 Å². The molecule has 8 aromatic rings. The Morgan fingerprint density at radius 3 is 0.623 bits per heavy atom. The third kappa shape index (κ3) is 29.4. The zero-order valence-electron chi connectivity index (χ0n) is 58.9. The second-order valence-electron chi connectivity index (χ2n) is 21.5. The molecular formula is C70H84N8O24P4+4. The predicted octanol–water partition coefficient (Wildman–Crippen LogP) is 13.3. The van der Waals surface area contributed by atoms with E-state index in [0.29, 0.717) is 64.7 Å². The molecule has 0 aliphatic carbocycles. The molecule has 0 saturated heterocycles. The topological polar surface area (TPSA) is 388 Å². The number of hydrogen-bond donors (Lipinski definition) is 8. The summed E-state index contributed by atoms with van der Waals surface area (Å²) in [4.78, 5) is 47.1. The number of benzene rings is 8. The molecule has 8 rings (SSSR count). The van der Waals surface area contributed by atoms with E-state index in [2.05, 4.69) is 56.7 Å². The molecule has 8 aromatic carbocycles. The Hall–Kier alpha value is -11.3. The highest BCUT2D eigenvalue weighted by Crippen LogP contribution is 2.49. The fraction of sp³-hybridized carbons (Fsp3) is 0.200. The molecule has 0 bridgehead atoms. The zero-order chi connectivity index (χ0) is 78.0. The minimum Gasteiger partial charge on any atom is -0.468 e. The molecule has 0 radical (unpaired) electrons. The lowest BCUT2D eigenvalue weighted by Crippen LogP contribution is -2.35. The molecule has 0 aliphatic heterocycles. The Balaban J connectivity index is 0.000000254. The molecule has 0 fully saturated rings. The van der Waals surface area contributed by atoms with Crippen LogP contribution in [0.1, 0.15) is 41.5 Å². The summed E-state index contributed by atoms with van der Waals surface area (Å²) < 4.78 is 119. The van der Waals surface area contributed by atoms with Crippen molar-refractivity contribution < 1.29 is 132 Å². The molecule has 564 valence electrons. The number of ether oxygens (including phenoxy) is 4. The largest absolute Gasteiger partial charge is 0.513 e. The quantitative estimate of drug-likeness (QED) is 0.00353. The highest BCUT2D eigenvalue weighted by molar-refractivity contribution is 7.53. The molecule has 0 amide bonds. The lowest BCUT2D eigenvalue weighted by atomic mass is 10.3. The average molecular weight is 1550 g/mol. The number of para-hydroxylation sites is 4. The van der Waals surface area contributed by atoms with Crippen molar-refractivity contribution in [1.82, 2.24) is 20.3 Å². The fourth-order valence-electron chi connectivity index (χ4n) is 8.08. The maximum Gasteiger partial charge on any atom is 0.513 e. The van der Waals surface area contributed by atoms with Gasteiger partial charge in [-0.15, -0.1) is 0 Å². The summed E-state index contributed by atoms with van der Waals surface area (Å²) in [5, 5.41) is 47.4. The van der Waals surface area contributed by atoms with Crippen molar-refractivity contribution in [3.8, 4) is 46.0 Å². The average Bonchev–Trinajstić information content (AvgIpc) is 0.845. The van der Waals surface area contributed by atoms with Crippen LogP contribution >= 0.6 is 31.0 Å². The van der Waals surface area contributed by atoms with E-state index in [1.165, 1.54) is 139 Å². The van der Waals surface area contributed by atoms with Crippen molar-refractivity contribution in [2.24, 2.45) is 0 Å². The normalized spacial score (nSPS) is 13.9. The minimum atomic E-state index is -3.98. The summed E-state index contributed by atoms with van der Waals surface area (Å²) in [7, 11) is -13.4. The van der Waals surface area contributed by atoms with Crippen molar-refractivity contribution in [3.05, 3.63) is 218 Å². The van der Waals surface area contributed by atoms with Crippen LogP contribution in [-0.4, -0.2) is 142 Å². The van der Waals surface area contributed by atoms with Gasteiger partial charge in [0.2, 0.25) is 0 Å². The molecule has 0 aromatic heterocycles. The van der Waals surface area contributed by atoms with Crippen molar-refractivity contribution in [2.45, 2.75) is 65.7 Å². The van der Waals surface area contributed by atoms with Gasteiger partial charge in [-0.2, -0.15) is 20.3 Å². The monoisotopic (exact) mass is 1540 g/mol. The number of carbonyl (C=O) groups is 4. The molecule has 0 unspecified atom stereocenters. The van der Waals surface area contributed by atoms with E-state index in [1.54, 1.807) is 135 Å². The summed E-state index contributed by atoms with van der Waals surface area (Å²) in [6, 6.07) is 54.0. The van der Waals surface area contributed by atoms with E-state index in [-0.39, 0.29) is 36.2 Å². The molecule has 106 heavy (non-hydrogen) atoms. The predicted molar refractivity (Wildman–Crippen MR) is 390 cm³/mol. The maximum atomic E-state index is 13.3. The number of carbonyl (C=O) groups excluding carboxylic acids is 4. The molecule has 0 spiro atoms. The van der Waals surface area contributed by atoms with Crippen LogP contribution in [0, 0.1) is 0 Å². The van der Waals surface area contributed by atoms with Crippen LogP contribution in [-0.2, 0) is 56.4 Å². The third-order valence-corrected chi connectivity index (χ3v) is 19.5. The molecule has 36 heteroatoms.